The Bertz CT molecular complexity index is 947. The molecule has 1 aromatic rings. The minimum absolute atomic E-state index is 0.247. The fraction of sp³-hybridized carbons (Fsp3) is 0.733. The van der Waals surface area contributed by atoms with Crippen molar-refractivity contribution in [3.63, 3.8) is 0 Å². The summed E-state index contributed by atoms with van der Waals surface area (Å²) < 4.78 is 104. The van der Waals surface area contributed by atoms with E-state index in [0.29, 0.717) is 36.8 Å². The van der Waals surface area contributed by atoms with Crippen LogP contribution in [0.2, 0.25) is 0 Å². The van der Waals surface area contributed by atoms with Gasteiger partial charge in [0.25, 0.3) is 0 Å². The average Bonchev–Trinajstić information content (AvgIpc) is 2.91. The van der Waals surface area contributed by atoms with Gasteiger partial charge in [0.2, 0.25) is 5.75 Å². The summed E-state index contributed by atoms with van der Waals surface area (Å²) in [5.41, 5.74) is 0. The number of hydrogen-bond donors (Lipinski definition) is 0. The second-order valence-electron chi connectivity index (χ2n) is 11.9. The van der Waals surface area contributed by atoms with Crippen LogP contribution in [0.3, 0.4) is 0 Å². The first kappa shape index (κ1) is 30.0. The summed E-state index contributed by atoms with van der Waals surface area (Å²) in [6, 6.07) is -1.74. The molecule has 0 bridgehead atoms. The van der Waals surface area contributed by atoms with Crippen LogP contribution >= 0.6 is 0 Å². The van der Waals surface area contributed by atoms with Crippen molar-refractivity contribution in [3.05, 3.63) is 35.9 Å². The molecule has 0 saturated heterocycles. The molecular formula is C30H39F7O2. The third kappa shape index (κ3) is 7.63. The number of alkyl halides is 2. The van der Waals surface area contributed by atoms with Crippen molar-refractivity contribution in [1.29, 1.82) is 0 Å². The fourth-order valence-electron chi connectivity index (χ4n) is 7.43. The molecule has 0 heterocycles. The van der Waals surface area contributed by atoms with E-state index in [2.05, 4.69) is 16.4 Å². The molecule has 1 aromatic carbocycles. The molecule has 0 unspecified atom stereocenters. The maximum absolute atomic E-state index is 14.9. The van der Waals surface area contributed by atoms with E-state index in [9.17, 15) is 30.7 Å². The van der Waals surface area contributed by atoms with Crippen LogP contribution in [0.25, 0.3) is 0 Å². The topological polar surface area (TPSA) is 18.5 Å². The minimum Gasteiger partial charge on any atom is -0.432 e. The highest BCUT2D eigenvalue weighted by molar-refractivity contribution is 5.36. The predicted molar refractivity (Wildman–Crippen MR) is 134 cm³/mol. The summed E-state index contributed by atoms with van der Waals surface area (Å²) >= 11 is 0. The summed E-state index contributed by atoms with van der Waals surface area (Å²) in [5.74, 6) is -3.13. The van der Waals surface area contributed by atoms with Crippen molar-refractivity contribution in [2.24, 2.45) is 35.5 Å². The standard InChI is InChI=1S/C30H39F7O2/c1-2-3-18-4-6-19(7-5-18)20-8-10-21(11-9-20)22-12-14-23(15-13-22)30(36,37)39-24-16-25(31)27(26(32)17-24)38-29(35)28(33)34/h16-23H,2-15H2,1H3. The minimum atomic E-state index is -3.67. The molecule has 2 nitrogen and oxygen atoms in total. The van der Waals surface area contributed by atoms with Gasteiger partial charge in [-0.2, -0.15) is 22.0 Å². The molecule has 0 spiro atoms. The highest BCUT2D eigenvalue weighted by Crippen LogP contribution is 2.48. The van der Waals surface area contributed by atoms with Gasteiger partial charge in [0.15, 0.2) is 11.6 Å². The Morgan fingerprint density at radius 3 is 1.62 bits per heavy atom. The molecule has 0 aliphatic heterocycles. The van der Waals surface area contributed by atoms with E-state index in [-0.39, 0.29) is 12.8 Å². The summed E-state index contributed by atoms with van der Waals surface area (Å²) in [6.07, 6.45) is 8.11. The monoisotopic (exact) mass is 564 g/mol. The lowest BCUT2D eigenvalue weighted by atomic mass is 9.65. The Balaban J connectivity index is 1.24. The summed E-state index contributed by atoms with van der Waals surface area (Å²) in [5, 5.41) is 0. The molecule has 3 aliphatic carbocycles. The first-order valence-electron chi connectivity index (χ1n) is 14.5. The van der Waals surface area contributed by atoms with E-state index in [1.807, 2.05) is 0 Å². The molecule has 39 heavy (non-hydrogen) atoms. The van der Waals surface area contributed by atoms with Crippen LogP contribution in [0.1, 0.15) is 96.8 Å². The molecule has 3 saturated carbocycles. The van der Waals surface area contributed by atoms with Gasteiger partial charge in [0.05, 0.1) is 5.92 Å². The maximum atomic E-state index is 14.9. The van der Waals surface area contributed by atoms with Crippen LogP contribution in [0, 0.1) is 47.1 Å². The Labute approximate surface area is 226 Å². The van der Waals surface area contributed by atoms with Crippen LogP contribution in [0.15, 0.2) is 24.2 Å². The van der Waals surface area contributed by atoms with Crippen LogP contribution < -0.4 is 9.47 Å². The van der Waals surface area contributed by atoms with Gasteiger partial charge >= 0.3 is 18.2 Å². The van der Waals surface area contributed by atoms with Gasteiger partial charge in [0.1, 0.15) is 5.75 Å². The Hall–Kier alpha value is -1.93. The second-order valence-corrected chi connectivity index (χ2v) is 11.9. The first-order valence-corrected chi connectivity index (χ1v) is 14.5. The number of benzene rings is 1. The molecule has 3 fully saturated rings. The molecule has 0 atom stereocenters. The lowest BCUT2D eigenvalue weighted by molar-refractivity contribution is -0.224. The van der Waals surface area contributed by atoms with E-state index in [1.54, 1.807) is 0 Å². The van der Waals surface area contributed by atoms with E-state index in [1.165, 1.54) is 51.4 Å². The van der Waals surface area contributed by atoms with Crippen LogP contribution in [0.4, 0.5) is 30.7 Å². The molecule has 0 amide bonds. The number of rotatable bonds is 9. The molecule has 4 rings (SSSR count). The van der Waals surface area contributed by atoms with E-state index in [4.69, 9.17) is 0 Å². The van der Waals surface area contributed by atoms with Gasteiger partial charge in [0, 0.05) is 12.1 Å². The van der Waals surface area contributed by atoms with Gasteiger partial charge in [-0.25, -0.2) is 8.78 Å². The van der Waals surface area contributed by atoms with Crippen LogP contribution in [0.5, 0.6) is 11.5 Å². The number of ether oxygens (including phenoxy) is 2. The number of hydrogen-bond acceptors (Lipinski definition) is 2. The largest absolute Gasteiger partial charge is 0.432 e. The Morgan fingerprint density at radius 2 is 1.18 bits per heavy atom. The van der Waals surface area contributed by atoms with E-state index >= 15 is 0 Å². The maximum Gasteiger partial charge on any atom is 0.400 e. The number of halogens is 7. The van der Waals surface area contributed by atoms with Gasteiger partial charge in [-0.15, -0.1) is 0 Å². The normalized spacial score (nSPS) is 30.1. The summed E-state index contributed by atoms with van der Waals surface area (Å²) in [7, 11) is 0. The van der Waals surface area contributed by atoms with Crippen molar-refractivity contribution >= 4 is 0 Å². The Morgan fingerprint density at radius 1 is 0.744 bits per heavy atom. The lowest BCUT2D eigenvalue weighted by Gasteiger charge is -2.42. The van der Waals surface area contributed by atoms with Gasteiger partial charge in [-0.05, 0) is 93.8 Å². The van der Waals surface area contributed by atoms with Crippen molar-refractivity contribution in [3.8, 4) is 11.5 Å². The average molecular weight is 565 g/mol. The molecule has 3 aliphatic rings. The van der Waals surface area contributed by atoms with Crippen molar-refractivity contribution in [2.75, 3.05) is 0 Å². The molecule has 0 radical (unpaired) electrons. The second kappa shape index (κ2) is 13.2. The smallest absolute Gasteiger partial charge is 0.400 e. The zero-order valence-corrected chi connectivity index (χ0v) is 22.5. The quantitative estimate of drug-likeness (QED) is 0.219. The van der Waals surface area contributed by atoms with Crippen LogP contribution in [-0.2, 0) is 0 Å². The van der Waals surface area contributed by atoms with Crippen molar-refractivity contribution < 1.29 is 40.2 Å². The van der Waals surface area contributed by atoms with Gasteiger partial charge in [-0.3, -0.25) is 0 Å². The highest BCUT2D eigenvalue weighted by atomic mass is 19.3. The Kier molecular flexibility index (Phi) is 10.1. The summed E-state index contributed by atoms with van der Waals surface area (Å²) in [6.45, 7) is 2.26. The fourth-order valence-corrected chi connectivity index (χ4v) is 7.43. The van der Waals surface area contributed by atoms with Crippen LogP contribution in [-0.4, -0.2) is 6.11 Å². The highest BCUT2D eigenvalue weighted by Gasteiger charge is 2.45. The van der Waals surface area contributed by atoms with E-state index < -0.39 is 47.3 Å². The molecule has 220 valence electrons. The first-order chi connectivity index (χ1) is 18.6. The molecule has 0 N–H and O–H groups in total. The summed E-state index contributed by atoms with van der Waals surface area (Å²) in [4.78, 5) is 0. The zero-order chi connectivity index (χ0) is 28.2. The van der Waals surface area contributed by atoms with Crippen molar-refractivity contribution in [2.45, 2.75) is 103 Å². The van der Waals surface area contributed by atoms with Gasteiger partial charge < -0.3 is 9.47 Å². The van der Waals surface area contributed by atoms with Crippen molar-refractivity contribution in [1.82, 2.24) is 0 Å². The lowest BCUT2D eigenvalue weighted by Crippen LogP contribution is -2.38. The molecule has 0 aromatic heterocycles. The SMILES string of the molecule is CCCC1CCC(C2CCC(C3CCC(C(F)(F)Oc4cc(F)c(OC(F)=C(F)F)c(F)c4)CC3)CC2)CC1. The molecular weight excluding hydrogens is 525 g/mol. The third-order valence-corrected chi connectivity index (χ3v) is 9.55. The predicted octanol–water partition coefficient (Wildman–Crippen LogP) is 10.6. The van der Waals surface area contributed by atoms with Gasteiger partial charge in [-0.1, -0.05) is 32.6 Å². The zero-order valence-electron chi connectivity index (χ0n) is 22.5. The molecule has 9 heteroatoms. The third-order valence-electron chi connectivity index (χ3n) is 9.55. The van der Waals surface area contributed by atoms with E-state index in [0.717, 1.165) is 30.6 Å².